The number of fused-ring (bicyclic) bond motifs is 1. The number of piperidine rings is 1. The third-order valence-corrected chi connectivity index (χ3v) is 5.07. The smallest absolute Gasteiger partial charge is 0.257 e. The van der Waals surface area contributed by atoms with E-state index in [2.05, 4.69) is 15.3 Å². The molecule has 2 aromatic heterocycles. The molecule has 6 heteroatoms. The van der Waals surface area contributed by atoms with Crippen molar-refractivity contribution in [3.05, 3.63) is 58.9 Å². The van der Waals surface area contributed by atoms with Crippen LogP contribution in [0.15, 0.2) is 42.6 Å². The Bertz CT molecular complexity index is 999. The molecule has 138 valence electrons. The maximum absolute atomic E-state index is 13.2. The molecule has 1 amide bonds. The van der Waals surface area contributed by atoms with Gasteiger partial charge in [0.05, 0.1) is 11.3 Å². The molecule has 3 heterocycles. The molecule has 0 radical (unpaired) electrons. The van der Waals surface area contributed by atoms with Crippen LogP contribution in [0.1, 0.15) is 35.3 Å². The van der Waals surface area contributed by atoms with Gasteiger partial charge in [0, 0.05) is 41.1 Å². The van der Waals surface area contributed by atoms with E-state index in [9.17, 15) is 4.79 Å². The molecule has 1 aliphatic rings. The van der Waals surface area contributed by atoms with Gasteiger partial charge in [0.25, 0.3) is 5.91 Å². The van der Waals surface area contributed by atoms with E-state index in [1.807, 2.05) is 48.2 Å². The minimum absolute atomic E-state index is 0.00852. The average Bonchev–Trinajstić information content (AvgIpc) is 2.68. The van der Waals surface area contributed by atoms with E-state index in [1.165, 1.54) is 6.42 Å². The van der Waals surface area contributed by atoms with Crippen molar-refractivity contribution in [3.8, 4) is 0 Å². The van der Waals surface area contributed by atoms with Crippen molar-refractivity contribution in [2.24, 2.45) is 0 Å². The van der Waals surface area contributed by atoms with Crippen LogP contribution in [0.25, 0.3) is 11.0 Å². The Kier molecular flexibility index (Phi) is 4.94. The number of hydrogen-bond acceptors (Lipinski definition) is 4. The minimum atomic E-state index is 0.00852. The summed E-state index contributed by atoms with van der Waals surface area (Å²) in [6.07, 6.45) is 4.91. The molecule has 5 nitrogen and oxygen atoms in total. The molecule has 0 spiro atoms. The predicted molar refractivity (Wildman–Crippen MR) is 109 cm³/mol. The fraction of sp³-hybridized carbons (Fsp3) is 0.286. The minimum Gasteiger partial charge on any atom is -0.354 e. The van der Waals surface area contributed by atoms with Crippen LogP contribution in [0.2, 0.25) is 5.02 Å². The first-order valence-corrected chi connectivity index (χ1v) is 9.58. The molecule has 0 bridgehead atoms. The van der Waals surface area contributed by atoms with E-state index in [0.717, 1.165) is 48.4 Å². The summed E-state index contributed by atoms with van der Waals surface area (Å²) in [6, 6.07) is 11.4. The first-order valence-electron chi connectivity index (χ1n) is 9.20. The number of hydrogen-bond donors (Lipinski definition) is 1. The number of aryl methyl sites for hydroxylation is 1. The zero-order chi connectivity index (χ0) is 18.8. The lowest BCUT2D eigenvalue weighted by atomic mass is 10.1. The number of pyridine rings is 2. The van der Waals surface area contributed by atoms with Crippen LogP contribution in [-0.2, 0) is 0 Å². The van der Waals surface area contributed by atoms with Crippen LogP contribution >= 0.6 is 11.6 Å². The highest BCUT2D eigenvalue weighted by atomic mass is 35.5. The summed E-state index contributed by atoms with van der Waals surface area (Å²) < 4.78 is 0. The van der Waals surface area contributed by atoms with E-state index in [4.69, 9.17) is 11.6 Å². The highest BCUT2D eigenvalue weighted by Crippen LogP contribution is 2.31. The molecule has 1 saturated heterocycles. The largest absolute Gasteiger partial charge is 0.354 e. The van der Waals surface area contributed by atoms with Gasteiger partial charge in [-0.2, -0.15) is 0 Å². The summed E-state index contributed by atoms with van der Waals surface area (Å²) >= 11 is 6.13. The molecule has 1 fully saturated rings. The van der Waals surface area contributed by atoms with Gasteiger partial charge in [-0.3, -0.25) is 4.79 Å². The molecule has 1 aromatic carbocycles. The zero-order valence-corrected chi connectivity index (χ0v) is 16.0. The molecule has 0 saturated carbocycles. The number of amides is 1. The quantitative estimate of drug-likeness (QED) is 0.697. The fourth-order valence-electron chi connectivity index (χ4n) is 3.45. The summed E-state index contributed by atoms with van der Waals surface area (Å²) in [4.78, 5) is 24.1. The summed E-state index contributed by atoms with van der Waals surface area (Å²) in [5, 5.41) is 4.84. The van der Waals surface area contributed by atoms with E-state index in [1.54, 1.807) is 6.20 Å². The highest BCUT2D eigenvalue weighted by Gasteiger charge is 2.23. The van der Waals surface area contributed by atoms with Gasteiger partial charge < -0.3 is 10.2 Å². The van der Waals surface area contributed by atoms with Crippen molar-refractivity contribution < 1.29 is 4.79 Å². The molecule has 0 aliphatic carbocycles. The Labute approximate surface area is 163 Å². The predicted octanol–water partition coefficient (Wildman–Crippen LogP) is 4.96. The van der Waals surface area contributed by atoms with E-state index in [-0.39, 0.29) is 5.91 Å². The number of nitrogens with one attached hydrogen (secondary N) is 1. The molecular formula is C21H21ClN4O. The van der Waals surface area contributed by atoms with Gasteiger partial charge in [-0.05, 0) is 56.5 Å². The standard InChI is InChI=1S/C21H21ClN4O/c1-14-8-9-17-19(25-16-7-5-6-15(22)12-16)18(13-23-20(17)24-14)21(27)26-10-3-2-4-11-26/h5-9,12-13H,2-4,10-11H2,1H3,(H,23,24,25). The second-order valence-corrected chi connectivity index (χ2v) is 7.30. The second kappa shape index (κ2) is 7.53. The number of benzene rings is 1. The Morgan fingerprint density at radius 1 is 1.15 bits per heavy atom. The van der Waals surface area contributed by atoms with E-state index in [0.29, 0.717) is 16.2 Å². The van der Waals surface area contributed by atoms with Crippen molar-refractivity contribution in [2.45, 2.75) is 26.2 Å². The molecule has 1 aliphatic heterocycles. The van der Waals surface area contributed by atoms with Crippen molar-refractivity contribution in [3.63, 3.8) is 0 Å². The lowest BCUT2D eigenvalue weighted by molar-refractivity contribution is 0.0725. The zero-order valence-electron chi connectivity index (χ0n) is 15.2. The first kappa shape index (κ1) is 17.7. The third kappa shape index (κ3) is 3.74. The summed E-state index contributed by atoms with van der Waals surface area (Å²) in [7, 11) is 0. The number of aromatic nitrogens is 2. The molecular weight excluding hydrogens is 360 g/mol. The monoisotopic (exact) mass is 380 g/mol. The van der Waals surface area contributed by atoms with Crippen molar-refractivity contribution in [1.82, 2.24) is 14.9 Å². The van der Waals surface area contributed by atoms with Crippen molar-refractivity contribution in [1.29, 1.82) is 0 Å². The van der Waals surface area contributed by atoms with E-state index < -0.39 is 0 Å². The number of carbonyl (C=O) groups is 1. The lowest BCUT2D eigenvalue weighted by Crippen LogP contribution is -2.36. The topological polar surface area (TPSA) is 58.1 Å². The molecule has 1 N–H and O–H groups in total. The van der Waals surface area contributed by atoms with Gasteiger partial charge in [0.2, 0.25) is 0 Å². The van der Waals surface area contributed by atoms with Crippen LogP contribution in [0.5, 0.6) is 0 Å². The van der Waals surface area contributed by atoms with Crippen molar-refractivity contribution >= 4 is 39.9 Å². The molecule has 3 aromatic rings. The number of rotatable bonds is 3. The van der Waals surface area contributed by atoms with Gasteiger partial charge in [-0.25, -0.2) is 9.97 Å². The molecule has 27 heavy (non-hydrogen) atoms. The number of likely N-dealkylation sites (tertiary alicyclic amines) is 1. The van der Waals surface area contributed by atoms with E-state index >= 15 is 0 Å². The Morgan fingerprint density at radius 3 is 2.74 bits per heavy atom. The lowest BCUT2D eigenvalue weighted by Gasteiger charge is -2.27. The number of nitrogens with zero attached hydrogens (tertiary/aromatic N) is 3. The molecule has 4 rings (SSSR count). The Hall–Kier alpha value is -2.66. The van der Waals surface area contributed by atoms with Gasteiger partial charge in [0.15, 0.2) is 5.65 Å². The van der Waals surface area contributed by atoms with Crippen LogP contribution in [-0.4, -0.2) is 33.9 Å². The molecule has 0 atom stereocenters. The molecule has 0 unspecified atom stereocenters. The number of anilines is 2. The summed E-state index contributed by atoms with van der Waals surface area (Å²) in [5.41, 5.74) is 3.62. The van der Waals surface area contributed by atoms with Gasteiger partial charge >= 0.3 is 0 Å². The summed E-state index contributed by atoms with van der Waals surface area (Å²) in [5.74, 6) is 0.00852. The van der Waals surface area contributed by atoms with Crippen LogP contribution in [0, 0.1) is 6.92 Å². The summed E-state index contributed by atoms with van der Waals surface area (Å²) in [6.45, 7) is 3.51. The van der Waals surface area contributed by atoms with Gasteiger partial charge in [0.1, 0.15) is 0 Å². The SMILES string of the molecule is Cc1ccc2c(Nc3cccc(Cl)c3)c(C(=O)N3CCCCC3)cnc2n1. The Morgan fingerprint density at radius 2 is 1.96 bits per heavy atom. The average molecular weight is 381 g/mol. The van der Waals surface area contributed by atoms with Gasteiger partial charge in [-0.1, -0.05) is 17.7 Å². The highest BCUT2D eigenvalue weighted by molar-refractivity contribution is 6.30. The van der Waals surface area contributed by atoms with Crippen LogP contribution in [0.3, 0.4) is 0 Å². The maximum atomic E-state index is 13.2. The third-order valence-electron chi connectivity index (χ3n) is 4.84. The number of carbonyl (C=O) groups excluding carboxylic acids is 1. The number of halogens is 1. The van der Waals surface area contributed by atoms with Crippen LogP contribution in [0.4, 0.5) is 11.4 Å². The Balaban J connectivity index is 1.82. The van der Waals surface area contributed by atoms with Crippen molar-refractivity contribution in [2.75, 3.05) is 18.4 Å². The maximum Gasteiger partial charge on any atom is 0.257 e. The van der Waals surface area contributed by atoms with Gasteiger partial charge in [-0.15, -0.1) is 0 Å². The fourth-order valence-corrected chi connectivity index (χ4v) is 3.64. The normalized spacial score (nSPS) is 14.4. The first-order chi connectivity index (χ1) is 13.1. The van der Waals surface area contributed by atoms with Crippen LogP contribution < -0.4 is 5.32 Å². The second-order valence-electron chi connectivity index (χ2n) is 6.86.